The standard InChI is InChI=1S/C10H17BO3.ClH/c1-8(2)7-4-5-9(3)10(8,6-7)14-11(12)13-9;/h7,12H,4-6H2,1-3H3;1H. The first-order chi connectivity index (χ1) is 6.41. The third-order valence-corrected chi connectivity index (χ3v) is 5.08. The van der Waals surface area contributed by atoms with Crippen molar-refractivity contribution in [2.24, 2.45) is 11.3 Å². The van der Waals surface area contributed by atoms with Gasteiger partial charge in [-0.25, -0.2) is 0 Å². The Morgan fingerprint density at radius 1 is 1.27 bits per heavy atom. The summed E-state index contributed by atoms with van der Waals surface area (Å²) in [5.74, 6) is 0.740. The van der Waals surface area contributed by atoms with Crippen LogP contribution in [0.3, 0.4) is 0 Å². The van der Waals surface area contributed by atoms with Crippen molar-refractivity contribution < 1.29 is 14.3 Å². The Kier molecular flexibility index (Phi) is 2.28. The van der Waals surface area contributed by atoms with Crippen molar-refractivity contribution in [3.05, 3.63) is 0 Å². The van der Waals surface area contributed by atoms with Gasteiger partial charge >= 0.3 is 7.32 Å². The molecule has 1 N–H and O–H groups in total. The van der Waals surface area contributed by atoms with Crippen LogP contribution < -0.4 is 0 Å². The molecular formula is C10H18BClO3. The Morgan fingerprint density at radius 2 is 1.93 bits per heavy atom. The molecule has 5 heteroatoms. The smallest absolute Gasteiger partial charge is 0.402 e. The second-order valence-corrected chi connectivity index (χ2v) is 5.76. The van der Waals surface area contributed by atoms with E-state index in [1.807, 2.05) is 0 Å². The van der Waals surface area contributed by atoms with Crippen molar-refractivity contribution in [3.8, 4) is 0 Å². The van der Waals surface area contributed by atoms with Crippen LogP contribution in [-0.2, 0) is 9.31 Å². The normalized spacial score (nSPS) is 50.4. The number of hydrogen-bond acceptors (Lipinski definition) is 3. The topological polar surface area (TPSA) is 38.7 Å². The van der Waals surface area contributed by atoms with Crippen molar-refractivity contribution in [1.29, 1.82) is 0 Å². The van der Waals surface area contributed by atoms with Gasteiger partial charge in [-0.2, -0.15) is 0 Å². The molecule has 86 valence electrons. The first kappa shape index (κ1) is 11.7. The molecule has 3 saturated carbocycles. The summed E-state index contributed by atoms with van der Waals surface area (Å²) < 4.78 is 11.2. The van der Waals surface area contributed by atoms with E-state index >= 15 is 0 Å². The molecule has 0 aromatic heterocycles. The molecule has 1 heterocycles. The molecule has 1 aliphatic heterocycles. The SMILES string of the molecule is CC12CCC3CC1(OB(O)O2)C3(C)C.Cl. The lowest BCUT2D eigenvalue weighted by Gasteiger charge is -2.68. The molecule has 3 nitrogen and oxygen atoms in total. The van der Waals surface area contributed by atoms with E-state index in [2.05, 4.69) is 20.8 Å². The summed E-state index contributed by atoms with van der Waals surface area (Å²) in [7, 11) is -1.02. The highest BCUT2D eigenvalue weighted by Gasteiger charge is 2.76. The second-order valence-electron chi connectivity index (χ2n) is 5.76. The predicted octanol–water partition coefficient (Wildman–Crippen LogP) is 1.77. The molecule has 3 unspecified atom stereocenters. The average molecular weight is 233 g/mol. The van der Waals surface area contributed by atoms with Gasteiger partial charge in [-0.1, -0.05) is 13.8 Å². The van der Waals surface area contributed by atoms with Crippen LogP contribution in [-0.4, -0.2) is 23.5 Å². The molecular weight excluding hydrogens is 214 g/mol. The summed E-state index contributed by atoms with van der Waals surface area (Å²) in [4.78, 5) is 0. The lowest BCUT2D eigenvalue weighted by atomic mass is 9.41. The quantitative estimate of drug-likeness (QED) is 0.647. The van der Waals surface area contributed by atoms with Crippen molar-refractivity contribution in [2.45, 2.75) is 51.2 Å². The summed E-state index contributed by atoms with van der Waals surface area (Å²) in [6.45, 7) is 6.56. The first-order valence-corrected chi connectivity index (χ1v) is 5.45. The fourth-order valence-electron chi connectivity index (χ4n) is 3.97. The first-order valence-electron chi connectivity index (χ1n) is 5.45. The number of rotatable bonds is 0. The van der Waals surface area contributed by atoms with Gasteiger partial charge in [0.15, 0.2) is 0 Å². The molecule has 4 aliphatic rings. The van der Waals surface area contributed by atoms with Crippen molar-refractivity contribution in [2.75, 3.05) is 0 Å². The zero-order chi connectivity index (χ0) is 10.2. The van der Waals surface area contributed by atoms with Crippen LogP contribution in [0.2, 0.25) is 0 Å². The molecule has 1 saturated heterocycles. The Labute approximate surface area is 97.1 Å². The van der Waals surface area contributed by atoms with Crippen molar-refractivity contribution in [3.63, 3.8) is 0 Å². The summed E-state index contributed by atoms with van der Waals surface area (Å²) in [6.07, 6.45) is 3.26. The zero-order valence-electron chi connectivity index (χ0n) is 9.45. The molecule has 0 aromatic rings. The third-order valence-electron chi connectivity index (χ3n) is 5.08. The summed E-state index contributed by atoms with van der Waals surface area (Å²) in [5.41, 5.74) is -0.357. The van der Waals surface area contributed by atoms with Gasteiger partial charge in [-0.05, 0) is 37.5 Å². The van der Waals surface area contributed by atoms with E-state index in [9.17, 15) is 5.02 Å². The van der Waals surface area contributed by atoms with E-state index in [-0.39, 0.29) is 29.0 Å². The van der Waals surface area contributed by atoms with E-state index in [1.165, 1.54) is 6.42 Å². The van der Waals surface area contributed by atoms with Gasteiger partial charge < -0.3 is 14.3 Å². The summed E-state index contributed by atoms with van der Waals surface area (Å²) in [5, 5.41) is 9.50. The van der Waals surface area contributed by atoms with Gasteiger partial charge in [0.05, 0.1) is 11.2 Å². The molecule has 0 radical (unpaired) electrons. The predicted molar refractivity (Wildman–Crippen MR) is 59.6 cm³/mol. The largest absolute Gasteiger partial charge is 0.637 e. The van der Waals surface area contributed by atoms with E-state index in [0.29, 0.717) is 0 Å². The van der Waals surface area contributed by atoms with Gasteiger partial charge in [-0.15, -0.1) is 12.4 Å². The number of fused-ring (bicyclic) bond motifs is 1. The molecule has 4 rings (SSSR count). The van der Waals surface area contributed by atoms with Crippen LogP contribution in [0.25, 0.3) is 0 Å². The fourth-order valence-corrected chi connectivity index (χ4v) is 3.97. The molecule has 15 heavy (non-hydrogen) atoms. The minimum Gasteiger partial charge on any atom is -0.402 e. The molecule has 2 bridgehead atoms. The van der Waals surface area contributed by atoms with Crippen molar-refractivity contribution in [1.82, 2.24) is 0 Å². The number of halogens is 1. The maximum atomic E-state index is 9.50. The van der Waals surface area contributed by atoms with Gasteiger partial charge in [0.2, 0.25) is 0 Å². The van der Waals surface area contributed by atoms with Crippen LogP contribution in [0.4, 0.5) is 0 Å². The zero-order valence-corrected chi connectivity index (χ0v) is 10.3. The van der Waals surface area contributed by atoms with Gasteiger partial charge in [0, 0.05) is 0 Å². The van der Waals surface area contributed by atoms with E-state index < -0.39 is 7.32 Å². The molecule has 3 aliphatic carbocycles. The molecule has 1 spiro atoms. The Hall–Kier alpha value is 0.235. The van der Waals surface area contributed by atoms with Gasteiger partial charge in [0.1, 0.15) is 0 Å². The highest BCUT2D eigenvalue weighted by Crippen LogP contribution is 2.70. The minimum atomic E-state index is -1.02. The molecule has 3 atom stereocenters. The van der Waals surface area contributed by atoms with Gasteiger partial charge in [-0.3, -0.25) is 0 Å². The summed E-state index contributed by atoms with van der Waals surface area (Å²) in [6, 6.07) is 0. The van der Waals surface area contributed by atoms with Crippen molar-refractivity contribution >= 4 is 19.7 Å². The molecule has 0 amide bonds. The molecule has 4 fully saturated rings. The minimum absolute atomic E-state index is 0. The third kappa shape index (κ3) is 1.04. The maximum Gasteiger partial charge on any atom is 0.637 e. The second kappa shape index (κ2) is 2.92. The lowest BCUT2D eigenvalue weighted by Crippen LogP contribution is -2.73. The number of hydrogen-bond donors (Lipinski definition) is 1. The average Bonchev–Trinajstić information content (AvgIpc) is 2.36. The molecule has 0 aromatic carbocycles. The van der Waals surface area contributed by atoms with Crippen LogP contribution in [0, 0.1) is 11.3 Å². The Bertz CT molecular complexity index is 298. The van der Waals surface area contributed by atoms with E-state index in [1.54, 1.807) is 0 Å². The van der Waals surface area contributed by atoms with Crippen LogP contribution >= 0.6 is 12.4 Å². The van der Waals surface area contributed by atoms with Crippen LogP contribution in [0.1, 0.15) is 40.0 Å². The Balaban J connectivity index is 0.000000853. The monoisotopic (exact) mass is 232 g/mol. The maximum absolute atomic E-state index is 9.50. The van der Waals surface area contributed by atoms with E-state index in [4.69, 9.17) is 9.31 Å². The lowest BCUT2D eigenvalue weighted by molar-refractivity contribution is -0.257. The van der Waals surface area contributed by atoms with Gasteiger partial charge in [0.25, 0.3) is 0 Å². The van der Waals surface area contributed by atoms with Crippen LogP contribution in [0.5, 0.6) is 0 Å². The van der Waals surface area contributed by atoms with Crippen LogP contribution in [0.15, 0.2) is 0 Å². The Morgan fingerprint density at radius 3 is 2.47 bits per heavy atom. The highest BCUT2D eigenvalue weighted by molar-refractivity contribution is 6.36. The van der Waals surface area contributed by atoms with E-state index in [0.717, 1.165) is 18.8 Å². The fraction of sp³-hybridized carbons (Fsp3) is 1.00. The highest BCUT2D eigenvalue weighted by atomic mass is 35.5. The summed E-state index contributed by atoms with van der Waals surface area (Å²) >= 11 is 0.